The van der Waals surface area contributed by atoms with Crippen LogP contribution < -0.4 is 15.4 Å². The first-order valence-electron chi connectivity index (χ1n) is 22.8. The maximum absolute atomic E-state index is 14.0. The van der Waals surface area contributed by atoms with E-state index < -0.39 is 46.7 Å². The molecule has 3 heterocycles. The number of ether oxygens (including phenoxy) is 1. The van der Waals surface area contributed by atoms with Gasteiger partial charge >= 0.3 is 0 Å². The van der Waals surface area contributed by atoms with Crippen molar-refractivity contribution >= 4 is 35.2 Å². The molecule has 352 valence electrons. The smallest absolute Gasteiger partial charge is 0.251 e. The van der Waals surface area contributed by atoms with Gasteiger partial charge < -0.3 is 34.8 Å². The first-order valence-corrected chi connectivity index (χ1v) is 23.2. The number of aromatic nitrogens is 1. The molecule has 4 atom stereocenters. The molecule has 3 aliphatic rings. The normalized spacial score (nSPS) is 21.8. The standard InChI is InChI=1S/C52H58ClFN6O7/c1-30(2)45(43-24-31(3)58-67-43)48(65)60-29-38(61)25-42(60)47(64)56-41(34-14-17-37(54)18-15-34)27-44(62)59-22-20-33(21-23-59)9-8-32-10-12-35(13-11-32)46(63)57-49-51(4,5)50(52(49,6)7)66-39-19-16-36(28-55)40(53)26-39/h10-19,24,26,30,33,38,41-42,45,49-50,61H,20-23,25,27,29H2,1-7H3,(H,56,64)(H,57,63)/t38-,41+,42+,45-,49?,50?/m1/s1. The first-order chi connectivity index (χ1) is 31.8. The lowest BCUT2D eigenvalue weighted by atomic mass is 9.49. The number of nitrogens with one attached hydrogen (secondary N) is 2. The minimum atomic E-state index is -1.00. The van der Waals surface area contributed by atoms with Crippen LogP contribution in [-0.4, -0.2) is 87.6 Å². The van der Waals surface area contributed by atoms with E-state index >= 15 is 0 Å². The molecule has 2 saturated heterocycles. The molecule has 3 aromatic carbocycles. The highest BCUT2D eigenvalue weighted by Gasteiger charge is 2.64. The van der Waals surface area contributed by atoms with Crippen LogP contribution in [0.3, 0.4) is 0 Å². The minimum Gasteiger partial charge on any atom is -0.489 e. The number of aliphatic hydroxyl groups excluding tert-OH is 1. The van der Waals surface area contributed by atoms with E-state index in [1.54, 1.807) is 48.2 Å². The molecule has 4 amide bonds. The number of benzene rings is 3. The van der Waals surface area contributed by atoms with Crippen molar-refractivity contribution in [1.82, 2.24) is 25.6 Å². The summed E-state index contributed by atoms with van der Waals surface area (Å²) in [6.07, 6.45) is 0.0455. The van der Waals surface area contributed by atoms with Crippen molar-refractivity contribution < 1.29 is 37.9 Å². The number of piperidine rings is 1. The number of rotatable bonds is 12. The van der Waals surface area contributed by atoms with Gasteiger partial charge in [-0.3, -0.25) is 19.2 Å². The fraction of sp³-hybridized carbons (Fsp3) is 0.462. The molecule has 1 aromatic heterocycles. The number of aryl methyl sites for hydroxylation is 1. The van der Waals surface area contributed by atoms with Gasteiger partial charge in [-0.2, -0.15) is 5.26 Å². The number of hydrogen-bond acceptors (Lipinski definition) is 9. The molecule has 3 fully saturated rings. The monoisotopic (exact) mass is 932 g/mol. The zero-order valence-corrected chi connectivity index (χ0v) is 39.7. The van der Waals surface area contributed by atoms with Crippen molar-refractivity contribution in [2.45, 2.75) is 110 Å². The largest absolute Gasteiger partial charge is 0.489 e. The van der Waals surface area contributed by atoms with Gasteiger partial charge in [-0.15, -0.1) is 0 Å². The third kappa shape index (κ3) is 10.7. The van der Waals surface area contributed by atoms with Crippen LogP contribution in [0.25, 0.3) is 0 Å². The van der Waals surface area contributed by atoms with Crippen molar-refractivity contribution in [3.8, 4) is 23.7 Å². The van der Waals surface area contributed by atoms with Crippen LogP contribution in [0.4, 0.5) is 4.39 Å². The highest BCUT2D eigenvalue weighted by molar-refractivity contribution is 6.31. The summed E-state index contributed by atoms with van der Waals surface area (Å²) in [6.45, 7) is 14.6. The van der Waals surface area contributed by atoms with E-state index in [4.69, 9.17) is 20.9 Å². The van der Waals surface area contributed by atoms with Crippen LogP contribution in [0.2, 0.25) is 5.02 Å². The summed E-state index contributed by atoms with van der Waals surface area (Å²) in [5.74, 6) is 4.91. The zero-order valence-electron chi connectivity index (χ0n) is 38.9. The summed E-state index contributed by atoms with van der Waals surface area (Å²) in [5.41, 5.74) is 1.97. The van der Waals surface area contributed by atoms with Crippen molar-refractivity contribution in [3.05, 3.63) is 117 Å². The van der Waals surface area contributed by atoms with Crippen LogP contribution in [0, 0.1) is 58.6 Å². The van der Waals surface area contributed by atoms with E-state index in [-0.39, 0.29) is 61.1 Å². The molecule has 2 aliphatic heterocycles. The SMILES string of the molecule is Cc1cc([C@H](C(=O)N2C[C@H](O)C[C@H]2C(=O)N[C@@H](CC(=O)N2CCC(C#Cc3ccc(C(=O)NC4C(C)(C)C(Oc5ccc(C#N)c(Cl)c5)C4(C)C)cc3)CC2)c2ccc(F)cc2)C(C)C)on1. The average molecular weight is 934 g/mol. The zero-order chi connectivity index (χ0) is 48.4. The van der Waals surface area contributed by atoms with Crippen molar-refractivity contribution in [3.63, 3.8) is 0 Å². The van der Waals surface area contributed by atoms with Crippen LogP contribution in [0.5, 0.6) is 5.75 Å². The molecule has 67 heavy (non-hydrogen) atoms. The lowest BCUT2D eigenvalue weighted by Crippen LogP contribution is -2.74. The lowest BCUT2D eigenvalue weighted by molar-refractivity contribution is -0.164. The Morgan fingerprint density at radius 2 is 1.67 bits per heavy atom. The Kier molecular flexibility index (Phi) is 14.5. The number of likely N-dealkylation sites (tertiary alicyclic amines) is 2. The Morgan fingerprint density at radius 1 is 1.00 bits per heavy atom. The molecular formula is C52H58ClFN6O7. The first kappa shape index (κ1) is 48.7. The maximum atomic E-state index is 14.0. The van der Waals surface area contributed by atoms with Crippen LogP contribution in [0.1, 0.15) is 118 Å². The molecule has 0 unspecified atom stereocenters. The van der Waals surface area contributed by atoms with Crippen LogP contribution >= 0.6 is 11.6 Å². The second kappa shape index (κ2) is 19.9. The summed E-state index contributed by atoms with van der Waals surface area (Å²) in [6, 6.07) is 19.5. The van der Waals surface area contributed by atoms with E-state index in [1.165, 1.54) is 29.2 Å². The minimum absolute atomic E-state index is 0.0183. The van der Waals surface area contributed by atoms with E-state index in [0.29, 0.717) is 64.8 Å². The van der Waals surface area contributed by atoms with Gasteiger partial charge in [0, 0.05) is 72.1 Å². The van der Waals surface area contributed by atoms with Gasteiger partial charge in [0.25, 0.3) is 5.91 Å². The molecule has 0 radical (unpaired) electrons. The number of hydrogen-bond donors (Lipinski definition) is 3. The topological polar surface area (TPSA) is 178 Å². The Hall–Kier alpha value is -6.22. The van der Waals surface area contributed by atoms with Crippen molar-refractivity contribution in [2.24, 2.45) is 22.7 Å². The molecule has 1 saturated carbocycles. The summed E-state index contributed by atoms with van der Waals surface area (Å²) in [4.78, 5) is 58.5. The van der Waals surface area contributed by atoms with Gasteiger partial charge in [0.15, 0.2) is 0 Å². The maximum Gasteiger partial charge on any atom is 0.251 e. The van der Waals surface area contributed by atoms with E-state index in [0.717, 1.165) is 5.56 Å². The molecular weight excluding hydrogens is 875 g/mol. The van der Waals surface area contributed by atoms with Gasteiger partial charge in [-0.25, -0.2) is 4.39 Å². The molecule has 15 heteroatoms. The lowest BCUT2D eigenvalue weighted by Gasteiger charge is -2.63. The van der Waals surface area contributed by atoms with Crippen molar-refractivity contribution in [2.75, 3.05) is 19.6 Å². The molecule has 0 spiro atoms. The summed E-state index contributed by atoms with van der Waals surface area (Å²) >= 11 is 6.25. The number of nitrogens with zero attached hydrogens (tertiary/aromatic N) is 4. The molecule has 13 nitrogen and oxygen atoms in total. The third-order valence-electron chi connectivity index (χ3n) is 13.6. The number of halogens is 2. The highest BCUT2D eigenvalue weighted by atomic mass is 35.5. The van der Waals surface area contributed by atoms with Crippen LogP contribution in [-0.2, 0) is 14.4 Å². The van der Waals surface area contributed by atoms with E-state index in [2.05, 4.69) is 61.4 Å². The fourth-order valence-corrected chi connectivity index (χ4v) is 10.5. The number of amides is 4. The Morgan fingerprint density at radius 3 is 2.27 bits per heavy atom. The van der Waals surface area contributed by atoms with Gasteiger partial charge in [-0.05, 0) is 79.8 Å². The Balaban J connectivity index is 0.930. The second-order valence-corrected chi connectivity index (χ2v) is 20.0. The number of carbonyl (C=O) groups is 4. The third-order valence-corrected chi connectivity index (χ3v) is 13.9. The number of carbonyl (C=O) groups excluding carboxylic acids is 4. The average Bonchev–Trinajstić information content (AvgIpc) is 3.91. The van der Waals surface area contributed by atoms with E-state index in [9.17, 15) is 33.9 Å². The van der Waals surface area contributed by atoms with Crippen molar-refractivity contribution in [1.29, 1.82) is 5.26 Å². The molecule has 4 aromatic rings. The predicted octanol–water partition coefficient (Wildman–Crippen LogP) is 7.50. The summed E-state index contributed by atoms with van der Waals surface area (Å²) in [5, 5.41) is 30.4. The Labute approximate surface area is 396 Å². The van der Waals surface area contributed by atoms with Crippen LogP contribution in [0.15, 0.2) is 77.3 Å². The molecule has 1 aliphatic carbocycles. The Bertz CT molecular complexity index is 2570. The quantitative estimate of drug-likeness (QED) is 0.121. The second-order valence-electron chi connectivity index (χ2n) is 19.6. The predicted molar refractivity (Wildman–Crippen MR) is 249 cm³/mol. The number of β-amino-alcohol motifs (C(OH)–C–C–N with tert-alkyl or cyclic N) is 1. The van der Waals surface area contributed by atoms with Gasteiger partial charge in [0.1, 0.15) is 41.5 Å². The van der Waals surface area contributed by atoms with Gasteiger partial charge in [0.2, 0.25) is 17.7 Å². The van der Waals surface area contributed by atoms with Gasteiger partial charge in [0.05, 0.1) is 34.8 Å². The number of nitriles is 1. The highest BCUT2D eigenvalue weighted by Crippen LogP contribution is 2.55. The van der Waals surface area contributed by atoms with Gasteiger partial charge in [-0.1, -0.05) is 82.3 Å². The summed E-state index contributed by atoms with van der Waals surface area (Å²) < 4.78 is 25.9. The van der Waals surface area contributed by atoms with E-state index in [1.807, 2.05) is 26.0 Å². The molecule has 0 bridgehead atoms. The fourth-order valence-electron chi connectivity index (χ4n) is 10.2. The number of aliphatic hydroxyl groups is 1. The molecule has 7 rings (SSSR count). The molecule has 3 N–H and O–H groups in total. The summed E-state index contributed by atoms with van der Waals surface area (Å²) in [7, 11) is 0.